The van der Waals surface area contributed by atoms with Gasteiger partial charge in [0.2, 0.25) is 0 Å². The minimum Gasteiger partial charge on any atom is -0.382 e. The van der Waals surface area contributed by atoms with Gasteiger partial charge in [-0.05, 0) is 18.2 Å². The Hall–Kier alpha value is -2.99. The second-order valence-electron chi connectivity index (χ2n) is 5.30. The van der Waals surface area contributed by atoms with Crippen molar-refractivity contribution in [1.29, 1.82) is 0 Å². The number of nitrogens with zero attached hydrogens (tertiary/aromatic N) is 3. The number of aromatic nitrogens is 3. The molecule has 0 fully saturated rings. The second kappa shape index (κ2) is 7.72. The van der Waals surface area contributed by atoms with Crippen LogP contribution >= 0.6 is 11.6 Å². The topological polar surface area (TPSA) is 93.8 Å². The molecule has 0 atom stereocenters. The zero-order valence-corrected chi connectivity index (χ0v) is 14.1. The van der Waals surface area contributed by atoms with E-state index in [-0.39, 0.29) is 17.4 Å². The minimum atomic E-state index is -0.380. The van der Waals surface area contributed by atoms with Crippen LogP contribution < -0.4 is 11.1 Å². The minimum absolute atomic E-state index is 0.0751. The van der Waals surface area contributed by atoms with Crippen molar-refractivity contribution in [3.63, 3.8) is 0 Å². The summed E-state index contributed by atoms with van der Waals surface area (Å²) in [5, 5.41) is 3.32. The monoisotopic (exact) mass is 353 g/mol. The van der Waals surface area contributed by atoms with E-state index < -0.39 is 0 Å². The molecule has 0 spiro atoms. The van der Waals surface area contributed by atoms with Gasteiger partial charge in [0.25, 0.3) is 5.91 Å². The number of hydrogen-bond donors (Lipinski definition) is 2. The number of halogens is 1. The summed E-state index contributed by atoms with van der Waals surface area (Å²) in [4.78, 5) is 25.0. The lowest BCUT2D eigenvalue weighted by molar-refractivity contribution is 0.0950. The molecule has 0 radical (unpaired) electrons. The maximum absolute atomic E-state index is 12.4. The summed E-state index contributed by atoms with van der Waals surface area (Å²) < 4.78 is 0. The van der Waals surface area contributed by atoms with Crippen molar-refractivity contribution < 1.29 is 4.79 Å². The summed E-state index contributed by atoms with van der Waals surface area (Å²) in [5.74, 6) is -0.305. The van der Waals surface area contributed by atoms with E-state index in [9.17, 15) is 4.79 Å². The first-order valence-corrected chi connectivity index (χ1v) is 8.08. The molecule has 25 heavy (non-hydrogen) atoms. The van der Waals surface area contributed by atoms with Crippen LogP contribution in [0.1, 0.15) is 16.2 Å². The number of nitrogen functional groups attached to an aromatic ring is 1. The molecule has 2 aromatic heterocycles. The number of amides is 1. The van der Waals surface area contributed by atoms with Crippen molar-refractivity contribution in [1.82, 2.24) is 20.3 Å². The summed E-state index contributed by atoms with van der Waals surface area (Å²) in [5.41, 5.74) is 7.98. The van der Waals surface area contributed by atoms with Crippen LogP contribution in [0.5, 0.6) is 0 Å². The molecule has 0 unspecified atom stereocenters. The lowest BCUT2D eigenvalue weighted by atomic mass is 10.1. The van der Waals surface area contributed by atoms with Crippen molar-refractivity contribution in [2.24, 2.45) is 0 Å². The van der Waals surface area contributed by atoms with E-state index in [1.165, 1.54) is 6.20 Å². The molecule has 1 amide bonds. The van der Waals surface area contributed by atoms with Crippen LogP contribution in [-0.2, 0) is 6.42 Å². The molecule has 3 rings (SSSR count). The molecule has 0 aliphatic carbocycles. The second-order valence-corrected chi connectivity index (χ2v) is 5.70. The summed E-state index contributed by atoms with van der Waals surface area (Å²) in [6.45, 7) is 0.424. The van der Waals surface area contributed by atoms with Gasteiger partial charge in [-0.25, -0.2) is 9.97 Å². The van der Waals surface area contributed by atoms with Crippen LogP contribution in [0.25, 0.3) is 11.3 Å². The molecule has 1 aromatic carbocycles. The molecule has 2 heterocycles. The molecule has 0 aliphatic rings. The Kier molecular flexibility index (Phi) is 5.20. The number of anilines is 1. The van der Waals surface area contributed by atoms with Gasteiger partial charge in [-0.3, -0.25) is 9.78 Å². The number of benzene rings is 1. The molecule has 7 heteroatoms. The van der Waals surface area contributed by atoms with Gasteiger partial charge in [0.05, 0.1) is 16.9 Å². The van der Waals surface area contributed by atoms with E-state index in [1.54, 1.807) is 12.3 Å². The fraction of sp³-hybridized carbons (Fsp3) is 0.111. The molecule has 0 saturated carbocycles. The van der Waals surface area contributed by atoms with Crippen molar-refractivity contribution in [3.8, 4) is 11.3 Å². The number of carbonyl (C=O) groups is 1. The Bertz CT molecular complexity index is 886. The van der Waals surface area contributed by atoms with Gasteiger partial charge in [0.15, 0.2) is 11.5 Å². The number of rotatable bonds is 5. The first-order valence-electron chi connectivity index (χ1n) is 7.70. The Morgan fingerprint density at radius 1 is 1.12 bits per heavy atom. The van der Waals surface area contributed by atoms with Crippen LogP contribution in [0.2, 0.25) is 5.02 Å². The molecule has 0 aliphatic heterocycles. The highest BCUT2D eigenvalue weighted by atomic mass is 35.5. The largest absolute Gasteiger partial charge is 0.382 e. The van der Waals surface area contributed by atoms with Gasteiger partial charge in [-0.1, -0.05) is 35.9 Å². The van der Waals surface area contributed by atoms with Gasteiger partial charge < -0.3 is 11.1 Å². The number of nitrogens with two attached hydrogens (primary N) is 1. The van der Waals surface area contributed by atoms with Gasteiger partial charge in [-0.2, -0.15) is 0 Å². The summed E-state index contributed by atoms with van der Waals surface area (Å²) in [7, 11) is 0. The molecular weight excluding hydrogens is 338 g/mol. The Balaban J connectivity index is 1.74. The van der Waals surface area contributed by atoms with Crippen molar-refractivity contribution in [3.05, 3.63) is 71.3 Å². The lowest BCUT2D eigenvalue weighted by Gasteiger charge is -2.09. The molecule has 6 nitrogen and oxygen atoms in total. The van der Waals surface area contributed by atoms with Crippen molar-refractivity contribution in [2.45, 2.75) is 6.42 Å². The van der Waals surface area contributed by atoms with E-state index in [0.29, 0.717) is 29.2 Å². The molecule has 0 bridgehead atoms. The zero-order valence-electron chi connectivity index (χ0n) is 13.3. The third kappa shape index (κ3) is 4.10. The number of carbonyl (C=O) groups excluding carboxylic acids is 1. The van der Waals surface area contributed by atoms with Gasteiger partial charge in [0, 0.05) is 30.4 Å². The highest BCUT2D eigenvalue weighted by molar-refractivity contribution is 6.33. The third-order valence-corrected chi connectivity index (χ3v) is 3.89. The Morgan fingerprint density at radius 3 is 2.68 bits per heavy atom. The average molecular weight is 354 g/mol. The number of nitrogens with one attached hydrogen (secondary N) is 1. The van der Waals surface area contributed by atoms with Crippen LogP contribution in [0, 0.1) is 0 Å². The predicted molar refractivity (Wildman–Crippen MR) is 97.2 cm³/mol. The summed E-state index contributed by atoms with van der Waals surface area (Å²) >= 11 is 6.18. The maximum Gasteiger partial charge on any atom is 0.273 e. The fourth-order valence-electron chi connectivity index (χ4n) is 2.30. The van der Waals surface area contributed by atoms with Gasteiger partial charge in [-0.15, -0.1) is 0 Å². The molecule has 126 valence electrons. The number of hydrogen-bond acceptors (Lipinski definition) is 5. The average Bonchev–Trinajstić information content (AvgIpc) is 2.63. The summed E-state index contributed by atoms with van der Waals surface area (Å²) in [6.07, 6.45) is 3.83. The first kappa shape index (κ1) is 16.9. The summed E-state index contributed by atoms with van der Waals surface area (Å²) in [6, 6.07) is 12.9. The SMILES string of the molecule is Nc1ncc(-c2ccccc2Cl)nc1C(=O)NCCc1ccccn1. The highest BCUT2D eigenvalue weighted by Crippen LogP contribution is 2.26. The van der Waals surface area contributed by atoms with Gasteiger partial charge in [0.1, 0.15) is 0 Å². The standard InChI is InChI=1S/C18H16ClN5O/c19-14-7-2-1-6-13(14)15-11-23-17(20)16(24-15)18(25)22-10-8-12-5-3-4-9-21-12/h1-7,9,11H,8,10H2,(H2,20,23)(H,22,25). The van der Waals surface area contributed by atoms with Crippen molar-refractivity contribution >= 4 is 23.3 Å². The van der Waals surface area contributed by atoms with E-state index >= 15 is 0 Å². The predicted octanol–water partition coefficient (Wildman–Crippen LogP) is 2.75. The quantitative estimate of drug-likeness (QED) is 0.735. The molecule has 0 saturated heterocycles. The van der Waals surface area contributed by atoms with Crippen LogP contribution in [0.3, 0.4) is 0 Å². The normalized spacial score (nSPS) is 10.4. The molecular formula is C18H16ClN5O. The van der Waals surface area contributed by atoms with E-state index in [1.807, 2.05) is 36.4 Å². The van der Waals surface area contributed by atoms with E-state index in [4.69, 9.17) is 17.3 Å². The Labute approximate surface area is 150 Å². The third-order valence-electron chi connectivity index (χ3n) is 3.56. The number of pyridine rings is 1. The molecule has 3 aromatic rings. The van der Waals surface area contributed by atoms with E-state index in [0.717, 1.165) is 5.69 Å². The first-order chi connectivity index (χ1) is 12.1. The lowest BCUT2D eigenvalue weighted by Crippen LogP contribution is -2.28. The smallest absolute Gasteiger partial charge is 0.273 e. The maximum atomic E-state index is 12.4. The van der Waals surface area contributed by atoms with E-state index in [2.05, 4.69) is 20.3 Å². The van der Waals surface area contributed by atoms with Gasteiger partial charge >= 0.3 is 0 Å². The highest BCUT2D eigenvalue weighted by Gasteiger charge is 2.15. The van der Waals surface area contributed by atoms with Crippen LogP contribution in [-0.4, -0.2) is 27.4 Å². The molecule has 3 N–H and O–H groups in total. The van der Waals surface area contributed by atoms with Crippen LogP contribution in [0.4, 0.5) is 5.82 Å². The zero-order chi connectivity index (χ0) is 17.6. The fourth-order valence-corrected chi connectivity index (χ4v) is 2.53. The van der Waals surface area contributed by atoms with Crippen molar-refractivity contribution in [2.75, 3.05) is 12.3 Å². The Morgan fingerprint density at radius 2 is 1.92 bits per heavy atom. The van der Waals surface area contributed by atoms with Crippen LogP contribution in [0.15, 0.2) is 54.9 Å².